The van der Waals surface area contributed by atoms with Gasteiger partial charge in [0.1, 0.15) is 0 Å². The molecule has 2 unspecified atom stereocenters. The predicted octanol–water partition coefficient (Wildman–Crippen LogP) is 11.0. The van der Waals surface area contributed by atoms with E-state index in [-0.39, 0.29) is 11.7 Å². The maximum atomic E-state index is 12.3. The number of alkyl halides is 1. The topological polar surface area (TPSA) is 108 Å². The van der Waals surface area contributed by atoms with Crippen LogP contribution in [0.25, 0.3) is 0 Å². The van der Waals surface area contributed by atoms with Gasteiger partial charge in [0, 0.05) is 40.2 Å². The second kappa shape index (κ2) is 26.6. The van der Waals surface area contributed by atoms with Crippen molar-refractivity contribution in [2.24, 2.45) is 0 Å². The number of ether oxygens (including phenoxy) is 4. The monoisotopic (exact) mass is 742 g/mol. The summed E-state index contributed by atoms with van der Waals surface area (Å²) in [4.78, 5) is 38.8. The molecular formula is C41H59ClN2O8. The Labute approximate surface area is 315 Å². The minimum absolute atomic E-state index is 0.00485. The van der Waals surface area contributed by atoms with E-state index in [1.807, 2.05) is 60.7 Å². The van der Waals surface area contributed by atoms with E-state index in [9.17, 15) is 14.4 Å². The van der Waals surface area contributed by atoms with Crippen LogP contribution in [0.3, 0.4) is 0 Å². The number of hydrogen-bond acceptors (Lipinski definition) is 8. The van der Waals surface area contributed by atoms with Gasteiger partial charge in [-0.25, -0.2) is 14.4 Å². The van der Waals surface area contributed by atoms with Gasteiger partial charge in [-0.1, -0.05) is 150 Å². The molecule has 0 aliphatic heterocycles. The van der Waals surface area contributed by atoms with E-state index >= 15 is 0 Å². The number of unbranched alkanes of at least 4 members (excludes halogenated alkanes) is 11. The van der Waals surface area contributed by atoms with E-state index < -0.39 is 30.0 Å². The first-order valence-electron chi connectivity index (χ1n) is 18.6. The minimum Gasteiger partial charge on any atom is -0.465 e. The first kappa shape index (κ1) is 44.0. The van der Waals surface area contributed by atoms with Crippen LogP contribution >= 0.6 is 11.6 Å². The SMILES string of the molecule is CC(Cl)OC(=O)N(C)Cc1ccccc1.CCCCCCCCCCCCCCOc1ccc(C(=O)OC(C)OC(=O)N(C)Cc2ccccc2)o1. The molecule has 0 fully saturated rings. The molecule has 0 saturated carbocycles. The molecule has 0 saturated heterocycles. The quantitative estimate of drug-likeness (QED) is 0.0433. The Morgan fingerprint density at radius 2 is 1.10 bits per heavy atom. The third-order valence-corrected chi connectivity index (χ3v) is 8.07. The zero-order chi connectivity index (χ0) is 38.0. The predicted molar refractivity (Wildman–Crippen MR) is 204 cm³/mol. The molecule has 0 radical (unpaired) electrons. The summed E-state index contributed by atoms with van der Waals surface area (Å²) in [5.41, 5.74) is 1.42. The molecule has 0 aliphatic rings. The molecule has 0 N–H and O–H groups in total. The number of carbonyl (C=O) groups excluding carboxylic acids is 3. The van der Waals surface area contributed by atoms with Gasteiger partial charge in [0.05, 0.1) is 6.61 Å². The molecule has 2 amide bonds. The van der Waals surface area contributed by atoms with Crippen molar-refractivity contribution in [1.82, 2.24) is 9.80 Å². The van der Waals surface area contributed by atoms with Crippen LogP contribution in [-0.2, 0) is 27.3 Å². The average Bonchev–Trinajstić information content (AvgIpc) is 3.60. The van der Waals surface area contributed by atoms with E-state index in [1.54, 1.807) is 27.1 Å². The maximum absolute atomic E-state index is 12.3. The Hall–Kier alpha value is -4.18. The molecule has 2 atom stereocenters. The number of furan rings is 1. The molecule has 1 heterocycles. The second-order valence-electron chi connectivity index (χ2n) is 12.8. The van der Waals surface area contributed by atoms with Gasteiger partial charge in [-0.15, -0.1) is 0 Å². The summed E-state index contributed by atoms with van der Waals surface area (Å²) in [5, 5.41) is 0. The Morgan fingerprint density at radius 1 is 0.635 bits per heavy atom. The highest BCUT2D eigenvalue weighted by Gasteiger charge is 2.21. The van der Waals surface area contributed by atoms with Gasteiger partial charge < -0.3 is 33.2 Å². The van der Waals surface area contributed by atoms with Gasteiger partial charge in [-0.2, -0.15) is 0 Å². The van der Waals surface area contributed by atoms with Crippen LogP contribution in [0.2, 0.25) is 0 Å². The number of carbonyl (C=O) groups is 3. The average molecular weight is 743 g/mol. The first-order chi connectivity index (χ1) is 25.1. The van der Waals surface area contributed by atoms with Crippen molar-refractivity contribution in [2.45, 2.75) is 123 Å². The molecule has 0 aliphatic carbocycles. The lowest BCUT2D eigenvalue weighted by Crippen LogP contribution is -2.31. The van der Waals surface area contributed by atoms with E-state index in [4.69, 9.17) is 35.0 Å². The molecule has 11 heteroatoms. The van der Waals surface area contributed by atoms with Crippen molar-refractivity contribution < 1.29 is 37.7 Å². The standard InChI is InChI=1S/C30H45NO6.C11H14ClNO2/c1-4-5-6-7-8-9-10-11-12-13-14-18-23-34-28-22-21-27(37-28)29(32)35-25(2)36-30(33)31(3)24-26-19-16-15-17-20-26;1-9(12)15-11(14)13(2)8-10-6-4-3-5-7-10/h15-17,19-22,25H,4-14,18,23-24H2,1-3H3;3-7,9H,8H2,1-2H3. The molecule has 1 aromatic heterocycles. The number of benzene rings is 2. The largest absolute Gasteiger partial charge is 0.465 e. The maximum Gasteiger partial charge on any atom is 0.412 e. The number of amides is 2. The smallest absolute Gasteiger partial charge is 0.412 e. The summed E-state index contributed by atoms with van der Waals surface area (Å²) in [5.74, 6) is -0.432. The molecule has 0 spiro atoms. The Bertz CT molecular complexity index is 1390. The van der Waals surface area contributed by atoms with Crippen LogP contribution in [0, 0.1) is 0 Å². The minimum atomic E-state index is -1.06. The lowest BCUT2D eigenvalue weighted by Gasteiger charge is -2.20. The Balaban J connectivity index is 0.000000519. The highest BCUT2D eigenvalue weighted by molar-refractivity contribution is 6.19. The number of esters is 1. The highest BCUT2D eigenvalue weighted by atomic mass is 35.5. The van der Waals surface area contributed by atoms with Crippen LogP contribution in [-0.4, -0.2) is 60.5 Å². The number of nitrogens with zero attached hydrogens (tertiary/aromatic N) is 2. The fourth-order valence-corrected chi connectivity index (χ4v) is 5.24. The molecule has 3 aromatic rings. The first-order valence-corrected chi connectivity index (χ1v) is 19.0. The Kier molecular flexibility index (Phi) is 22.5. The molecule has 52 heavy (non-hydrogen) atoms. The number of halogens is 1. The third-order valence-electron chi connectivity index (χ3n) is 7.98. The molecule has 0 bridgehead atoms. The van der Waals surface area contributed by atoms with Gasteiger partial charge in [-0.05, 0) is 30.5 Å². The molecular weight excluding hydrogens is 684 g/mol. The number of rotatable bonds is 22. The Morgan fingerprint density at radius 3 is 1.58 bits per heavy atom. The molecule has 288 valence electrons. The lowest BCUT2D eigenvalue weighted by atomic mass is 10.1. The fourth-order valence-electron chi connectivity index (χ4n) is 5.16. The van der Waals surface area contributed by atoms with Crippen molar-refractivity contribution in [3.63, 3.8) is 0 Å². The number of hydrogen-bond donors (Lipinski definition) is 0. The van der Waals surface area contributed by atoms with E-state index in [0.717, 1.165) is 24.0 Å². The van der Waals surface area contributed by atoms with E-state index in [0.29, 0.717) is 19.7 Å². The van der Waals surface area contributed by atoms with Crippen LogP contribution in [0.1, 0.15) is 120 Å². The van der Waals surface area contributed by atoms with Crippen molar-refractivity contribution in [3.05, 3.63) is 89.7 Å². The van der Waals surface area contributed by atoms with Crippen LogP contribution in [0.5, 0.6) is 5.95 Å². The summed E-state index contributed by atoms with van der Waals surface area (Å²) in [6.07, 6.45) is 13.3. The van der Waals surface area contributed by atoms with Crippen molar-refractivity contribution in [2.75, 3.05) is 20.7 Å². The summed E-state index contributed by atoms with van der Waals surface area (Å²) in [6, 6.07) is 22.3. The lowest BCUT2D eigenvalue weighted by molar-refractivity contribution is -0.0700. The van der Waals surface area contributed by atoms with Crippen molar-refractivity contribution in [3.8, 4) is 5.95 Å². The zero-order valence-electron chi connectivity index (χ0n) is 31.7. The van der Waals surface area contributed by atoms with Crippen LogP contribution in [0.15, 0.2) is 77.2 Å². The van der Waals surface area contributed by atoms with Crippen LogP contribution < -0.4 is 4.74 Å². The van der Waals surface area contributed by atoms with E-state index in [2.05, 4.69) is 6.92 Å². The molecule has 10 nitrogen and oxygen atoms in total. The normalized spacial score (nSPS) is 11.7. The zero-order valence-corrected chi connectivity index (χ0v) is 32.5. The van der Waals surface area contributed by atoms with Crippen LogP contribution in [0.4, 0.5) is 9.59 Å². The third kappa shape index (κ3) is 20.0. The van der Waals surface area contributed by atoms with Gasteiger partial charge in [0.25, 0.3) is 5.95 Å². The van der Waals surface area contributed by atoms with Gasteiger partial charge >= 0.3 is 18.2 Å². The van der Waals surface area contributed by atoms with Gasteiger partial charge in [0.15, 0.2) is 5.56 Å². The van der Waals surface area contributed by atoms with Gasteiger partial charge in [0.2, 0.25) is 12.1 Å². The molecule has 3 rings (SSSR count). The summed E-state index contributed by atoms with van der Waals surface area (Å²) >= 11 is 5.55. The van der Waals surface area contributed by atoms with Crippen molar-refractivity contribution in [1.29, 1.82) is 0 Å². The van der Waals surface area contributed by atoms with E-state index in [1.165, 1.54) is 87.0 Å². The second-order valence-corrected chi connectivity index (χ2v) is 13.4. The highest BCUT2D eigenvalue weighted by Crippen LogP contribution is 2.19. The van der Waals surface area contributed by atoms with Crippen molar-refractivity contribution >= 4 is 29.8 Å². The summed E-state index contributed by atoms with van der Waals surface area (Å²) in [6.45, 7) is 6.80. The summed E-state index contributed by atoms with van der Waals surface area (Å²) in [7, 11) is 3.30. The fraction of sp³-hybridized carbons (Fsp3) is 0.537. The van der Waals surface area contributed by atoms with Gasteiger partial charge in [-0.3, -0.25) is 0 Å². The summed E-state index contributed by atoms with van der Waals surface area (Å²) < 4.78 is 26.3. The molecule has 2 aromatic carbocycles.